The van der Waals surface area contributed by atoms with Crippen molar-refractivity contribution in [2.75, 3.05) is 19.0 Å². The van der Waals surface area contributed by atoms with Gasteiger partial charge in [0.25, 0.3) is 11.8 Å². The molecule has 2 aromatic carbocycles. The molecule has 0 fully saturated rings. The minimum absolute atomic E-state index is 0.0711. The smallest absolute Gasteiger partial charge is 0.338 e. The van der Waals surface area contributed by atoms with Crippen molar-refractivity contribution in [1.82, 2.24) is 4.90 Å². The number of thiophene rings is 1. The second-order valence-corrected chi connectivity index (χ2v) is 7.37. The summed E-state index contributed by atoms with van der Waals surface area (Å²) in [6, 6.07) is 15.8. The van der Waals surface area contributed by atoms with Gasteiger partial charge < -0.3 is 15.0 Å². The molecule has 0 unspecified atom stereocenters. The highest BCUT2D eigenvalue weighted by molar-refractivity contribution is 7.12. The fourth-order valence-corrected chi connectivity index (χ4v) is 3.20. The van der Waals surface area contributed by atoms with E-state index in [0.29, 0.717) is 16.1 Å². The van der Waals surface area contributed by atoms with E-state index in [0.717, 1.165) is 0 Å². The molecule has 0 saturated heterocycles. The lowest BCUT2D eigenvalue weighted by Crippen LogP contribution is -2.31. The average Bonchev–Trinajstić information content (AvgIpc) is 3.29. The van der Waals surface area contributed by atoms with Crippen LogP contribution >= 0.6 is 11.3 Å². The fourth-order valence-electron chi connectivity index (χ4n) is 2.58. The van der Waals surface area contributed by atoms with Crippen molar-refractivity contribution in [1.29, 1.82) is 0 Å². The Morgan fingerprint density at radius 2 is 1.77 bits per heavy atom. The van der Waals surface area contributed by atoms with Gasteiger partial charge >= 0.3 is 5.97 Å². The summed E-state index contributed by atoms with van der Waals surface area (Å²) in [6.07, 6.45) is 0. The molecule has 0 bridgehead atoms. The summed E-state index contributed by atoms with van der Waals surface area (Å²) >= 11 is 1.33. The quantitative estimate of drug-likeness (QED) is 0.581. The maximum absolute atomic E-state index is 13.7. The number of esters is 1. The van der Waals surface area contributed by atoms with Gasteiger partial charge in [-0.2, -0.15) is 0 Å². The van der Waals surface area contributed by atoms with E-state index in [4.69, 9.17) is 4.74 Å². The number of halogens is 1. The Labute approximate surface area is 176 Å². The van der Waals surface area contributed by atoms with E-state index in [-0.39, 0.29) is 18.0 Å². The van der Waals surface area contributed by atoms with Crippen LogP contribution in [0.4, 0.5) is 10.1 Å². The van der Waals surface area contributed by atoms with E-state index in [9.17, 15) is 18.8 Å². The second-order valence-electron chi connectivity index (χ2n) is 6.43. The van der Waals surface area contributed by atoms with E-state index >= 15 is 0 Å². The Morgan fingerprint density at radius 3 is 2.43 bits per heavy atom. The molecule has 154 valence electrons. The minimum atomic E-state index is -0.668. The zero-order chi connectivity index (χ0) is 21.5. The number of hydrogen-bond acceptors (Lipinski definition) is 5. The van der Waals surface area contributed by atoms with Crippen LogP contribution in [0.25, 0.3) is 0 Å². The van der Waals surface area contributed by atoms with Crippen molar-refractivity contribution in [3.05, 3.63) is 87.9 Å². The predicted octanol–water partition coefficient (Wildman–Crippen LogP) is 3.95. The number of likely N-dealkylation sites (N-methyl/N-ethyl adjacent to an activating group) is 1. The monoisotopic (exact) mass is 426 g/mol. The molecular formula is C22H19FN2O4S. The molecule has 3 rings (SSSR count). The van der Waals surface area contributed by atoms with Gasteiger partial charge in [-0.15, -0.1) is 11.3 Å². The van der Waals surface area contributed by atoms with Crippen molar-refractivity contribution in [2.45, 2.75) is 6.54 Å². The molecule has 1 aromatic heterocycles. The fraction of sp³-hybridized carbons (Fsp3) is 0.136. The Morgan fingerprint density at radius 1 is 1.03 bits per heavy atom. The van der Waals surface area contributed by atoms with Crippen LogP contribution < -0.4 is 5.32 Å². The molecule has 0 aliphatic carbocycles. The Hall–Kier alpha value is -3.52. The van der Waals surface area contributed by atoms with Gasteiger partial charge in [-0.3, -0.25) is 9.59 Å². The molecule has 0 aliphatic heterocycles. The molecule has 6 nitrogen and oxygen atoms in total. The Bertz CT molecular complexity index is 1040. The van der Waals surface area contributed by atoms with E-state index in [1.54, 1.807) is 42.5 Å². The first-order valence-electron chi connectivity index (χ1n) is 9.03. The van der Waals surface area contributed by atoms with Crippen molar-refractivity contribution in [2.24, 2.45) is 0 Å². The summed E-state index contributed by atoms with van der Waals surface area (Å²) in [4.78, 5) is 38.2. The molecule has 3 aromatic rings. The predicted molar refractivity (Wildman–Crippen MR) is 112 cm³/mol. The van der Waals surface area contributed by atoms with Gasteiger partial charge in [-0.25, -0.2) is 9.18 Å². The second kappa shape index (κ2) is 9.80. The maximum atomic E-state index is 13.7. The lowest BCUT2D eigenvalue weighted by atomic mass is 10.2. The average molecular weight is 426 g/mol. The molecule has 30 heavy (non-hydrogen) atoms. The van der Waals surface area contributed by atoms with Gasteiger partial charge in [-0.1, -0.05) is 24.3 Å². The van der Waals surface area contributed by atoms with E-state index in [1.807, 2.05) is 5.38 Å². The van der Waals surface area contributed by atoms with Crippen molar-refractivity contribution in [3.8, 4) is 0 Å². The Balaban J connectivity index is 1.50. The van der Waals surface area contributed by atoms with Gasteiger partial charge in [0.1, 0.15) is 5.82 Å². The van der Waals surface area contributed by atoms with Crippen molar-refractivity contribution in [3.63, 3.8) is 0 Å². The number of carbonyl (C=O) groups excluding carboxylic acids is 3. The summed E-state index contributed by atoms with van der Waals surface area (Å²) < 4.78 is 18.7. The van der Waals surface area contributed by atoms with E-state index < -0.39 is 24.3 Å². The lowest BCUT2D eigenvalue weighted by molar-refractivity contribution is -0.133. The van der Waals surface area contributed by atoms with Crippen LogP contribution in [-0.4, -0.2) is 36.3 Å². The highest BCUT2D eigenvalue weighted by Gasteiger charge is 2.15. The number of nitrogens with one attached hydrogen (secondary N) is 1. The summed E-state index contributed by atoms with van der Waals surface area (Å²) in [6.45, 7) is -0.387. The molecule has 0 saturated carbocycles. The van der Waals surface area contributed by atoms with E-state index in [2.05, 4.69) is 5.32 Å². The minimum Gasteiger partial charge on any atom is -0.452 e. The van der Waals surface area contributed by atoms with E-state index in [1.165, 1.54) is 41.5 Å². The molecule has 1 N–H and O–H groups in total. The summed E-state index contributed by atoms with van der Waals surface area (Å²) in [5.74, 6) is -1.76. The van der Waals surface area contributed by atoms with Gasteiger partial charge in [0.05, 0.1) is 10.4 Å². The first-order valence-corrected chi connectivity index (χ1v) is 9.91. The molecule has 0 radical (unpaired) electrons. The Kier molecular flexibility index (Phi) is 6.92. The van der Waals surface area contributed by atoms with Crippen LogP contribution in [0.2, 0.25) is 0 Å². The molecule has 0 aliphatic rings. The number of hydrogen-bond donors (Lipinski definition) is 1. The summed E-state index contributed by atoms with van der Waals surface area (Å²) in [7, 11) is 1.51. The largest absolute Gasteiger partial charge is 0.452 e. The first-order chi connectivity index (χ1) is 14.4. The van der Waals surface area contributed by atoms with Gasteiger partial charge in [0, 0.05) is 24.8 Å². The number of rotatable bonds is 7. The highest BCUT2D eigenvalue weighted by Crippen LogP contribution is 2.15. The SMILES string of the molecule is CN(Cc1ccccc1F)C(=O)COC(=O)c1ccc(NC(=O)c2cccs2)cc1. The third-order valence-corrected chi connectivity index (χ3v) is 5.11. The molecule has 0 atom stereocenters. The van der Waals surface area contributed by atoms with Gasteiger partial charge in [-0.05, 0) is 41.8 Å². The zero-order valence-electron chi connectivity index (χ0n) is 16.1. The molecule has 0 spiro atoms. The van der Waals surface area contributed by atoms with Crippen molar-refractivity contribution >= 4 is 34.8 Å². The molecule has 1 heterocycles. The highest BCUT2D eigenvalue weighted by atomic mass is 32.1. The molecular weight excluding hydrogens is 407 g/mol. The van der Waals surface area contributed by atoms with Gasteiger partial charge in [0.15, 0.2) is 6.61 Å². The number of benzene rings is 2. The first kappa shape index (κ1) is 21.2. The zero-order valence-corrected chi connectivity index (χ0v) is 16.9. The summed E-state index contributed by atoms with van der Waals surface area (Å²) in [5.41, 5.74) is 1.15. The standard InChI is InChI=1S/C22H19FN2O4S/c1-25(13-16-5-2-3-6-18(16)23)20(26)14-29-22(28)15-8-10-17(11-9-15)24-21(27)19-7-4-12-30-19/h2-12H,13-14H2,1H3,(H,24,27). The number of anilines is 1. The number of ether oxygens (including phenoxy) is 1. The van der Waals surface area contributed by atoms with Gasteiger partial charge in [0.2, 0.25) is 0 Å². The van der Waals surface area contributed by atoms with Crippen LogP contribution in [0.3, 0.4) is 0 Å². The maximum Gasteiger partial charge on any atom is 0.338 e. The third-order valence-electron chi connectivity index (χ3n) is 4.24. The van der Waals surface area contributed by atoms with Crippen LogP contribution in [0.15, 0.2) is 66.0 Å². The topological polar surface area (TPSA) is 75.7 Å². The normalized spacial score (nSPS) is 10.3. The van der Waals surface area contributed by atoms with Crippen LogP contribution in [0.1, 0.15) is 25.6 Å². The molecule has 2 amide bonds. The molecule has 8 heteroatoms. The summed E-state index contributed by atoms with van der Waals surface area (Å²) in [5, 5.41) is 4.54. The number of amides is 2. The van der Waals surface area contributed by atoms with Crippen LogP contribution in [-0.2, 0) is 16.1 Å². The number of carbonyl (C=O) groups is 3. The number of nitrogens with zero attached hydrogens (tertiary/aromatic N) is 1. The van der Waals surface area contributed by atoms with Crippen LogP contribution in [0, 0.1) is 5.82 Å². The third kappa shape index (κ3) is 5.51. The lowest BCUT2D eigenvalue weighted by Gasteiger charge is -2.17. The van der Waals surface area contributed by atoms with Crippen molar-refractivity contribution < 1.29 is 23.5 Å². The van der Waals surface area contributed by atoms with Crippen LogP contribution in [0.5, 0.6) is 0 Å².